The van der Waals surface area contributed by atoms with Gasteiger partial charge in [-0.3, -0.25) is 9.59 Å². The second-order valence-electron chi connectivity index (χ2n) is 2.61. The standard InChI is InChI=1S/C10H6O2.Au/c11-9-5-6-10(12)8-4-2-1-3-7(8)9;/h1-6H;. The summed E-state index contributed by atoms with van der Waals surface area (Å²) in [6.45, 7) is 0. The van der Waals surface area contributed by atoms with Gasteiger partial charge in [0.25, 0.3) is 0 Å². The van der Waals surface area contributed by atoms with Crippen LogP contribution in [0.1, 0.15) is 20.7 Å². The molecule has 3 heteroatoms. The molecule has 0 aromatic heterocycles. The topological polar surface area (TPSA) is 34.1 Å². The summed E-state index contributed by atoms with van der Waals surface area (Å²) in [6, 6.07) is 6.84. The van der Waals surface area contributed by atoms with Crippen LogP contribution in [-0.2, 0) is 22.4 Å². The molecule has 69 valence electrons. The number of ketones is 2. The largest absolute Gasteiger partial charge is 0.289 e. The summed E-state index contributed by atoms with van der Waals surface area (Å²) < 4.78 is 0. The van der Waals surface area contributed by atoms with Gasteiger partial charge in [0.1, 0.15) is 0 Å². The summed E-state index contributed by atoms with van der Waals surface area (Å²) in [6.07, 6.45) is 2.62. The van der Waals surface area contributed by atoms with Gasteiger partial charge >= 0.3 is 0 Å². The van der Waals surface area contributed by atoms with Gasteiger partial charge in [-0.05, 0) is 12.2 Å². The van der Waals surface area contributed by atoms with Crippen molar-refractivity contribution in [1.82, 2.24) is 0 Å². The van der Waals surface area contributed by atoms with Gasteiger partial charge in [-0.15, -0.1) is 0 Å². The van der Waals surface area contributed by atoms with Crippen molar-refractivity contribution >= 4 is 11.6 Å². The van der Waals surface area contributed by atoms with Gasteiger partial charge in [-0.25, -0.2) is 0 Å². The van der Waals surface area contributed by atoms with E-state index in [1.165, 1.54) is 12.2 Å². The van der Waals surface area contributed by atoms with Crippen molar-refractivity contribution in [2.45, 2.75) is 0 Å². The van der Waals surface area contributed by atoms with E-state index in [1.54, 1.807) is 24.3 Å². The zero-order valence-electron chi connectivity index (χ0n) is 6.58. The zero-order chi connectivity index (χ0) is 8.55. The predicted molar refractivity (Wildman–Crippen MR) is 44.2 cm³/mol. The van der Waals surface area contributed by atoms with Crippen molar-refractivity contribution in [3.63, 3.8) is 0 Å². The molecule has 0 saturated heterocycles. The average molecular weight is 355 g/mol. The van der Waals surface area contributed by atoms with Crippen LogP contribution in [0.15, 0.2) is 36.4 Å². The van der Waals surface area contributed by atoms with E-state index in [9.17, 15) is 9.59 Å². The van der Waals surface area contributed by atoms with Gasteiger partial charge in [0.2, 0.25) is 0 Å². The van der Waals surface area contributed by atoms with E-state index in [0.717, 1.165) is 0 Å². The molecule has 0 N–H and O–H groups in total. The predicted octanol–water partition coefficient (Wildman–Crippen LogP) is 1.62. The van der Waals surface area contributed by atoms with Gasteiger partial charge in [-0.1, -0.05) is 24.3 Å². The Morgan fingerprint density at radius 1 is 0.769 bits per heavy atom. The molecular formula is C10H6AuO2. The Bertz CT molecular complexity index is 357. The first-order chi connectivity index (χ1) is 5.79. The smallest absolute Gasteiger partial charge is 0.186 e. The first kappa shape index (κ1) is 10.1. The monoisotopic (exact) mass is 355 g/mol. The summed E-state index contributed by atoms with van der Waals surface area (Å²) in [5.41, 5.74) is 1.01. The second kappa shape index (κ2) is 3.83. The van der Waals surface area contributed by atoms with Crippen LogP contribution in [0.25, 0.3) is 0 Å². The summed E-state index contributed by atoms with van der Waals surface area (Å²) >= 11 is 0. The Hall–Kier alpha value is -0.960. The Morgan fingerprint density at radius 3 is 1.54 bits per heavy atom. The molecule has 1 aliphatic carbocycles. The quantitative estimate of drug-likeness (QED) is 0.663. The van der Waals surface area contributed by atoms with Crippen molar-refractivity contribution in [1.29, 1.82) is 0 Å². The maximum Gasteiger partial charge on any atom is 0.186 e. The minimum Gasteiger partial charge on any atom is -0.289 e. The zero-order valence-corrected chi connectivity index (χ0v) is 8.75. The average Bonchev–Trinajstić information content (AvgIpc) is 2.12. The third-order valence-corrected chi connectivity index (χ3v) is 1.84. The molecule has 0 atom stereocenters. The van der Waals surface area contributed by atoms with E-state index in [-0.39, 0.29) is 33.9 Å². The van der Waals surface area contributed by atoms with Crippen molar-refractivity contribution in [2.24, 2.45) is 0 Å². The van der Waals surface area contributed by atoms with Crippen molar-refractivity contribution in [3.8, 4) is 0 Å². The number of benzene rings is 1. The van der Waals surface area contributed by atoms with Gasteiger partial charge in [0.05, 0.1) is 0 Å². The van der Waals surface area contributed by atoms with Crippen LogP contribution in [0.5, 0.6) is 0 Å². The van der Waals surface area contributed by atoms with Gasteiger partial charge in [-0.2, -0.15) is 0 Å². The Labute approximate surface area is 91.2 Å². The Balaban J connectivity index is 0.000000845. The fourth-order valence-electron chi connectivity index (χ4n) is 1.24. The summed E-state index contributed by atoms with van der Waals surface area (Å²) in [4.78, 5) is 22.4. The molecule has 0 amide bonds. The molecule has 2 rings (SSSR count). The van der Waals surface area contributed by atoms with Crippen molar-refractivity contribution < 1.29 is 32.0 Å². The molecule has 1 radical (unpaired) electrons. The fourth-order valence-corrected chi connectivity index (χ4v) is 1.24. The number of hydrogen-bond acceptors (Lipinski definition) is 2. The molecule has 2 nitrogen and oxygen atoms in total. The summed E-state index contributed by atoms with van der Waals surface area (Å²) in [5.74, 6) is -0.185. The fraction of sp³-hybridized carbons (Fsp3) is 0. The Morgan fingerprint density at radius 2 is 1.15 bits per heavy atom. The maximum atomic E-state index is 11.2. The molecule has 13 heavy (non-hydrogen) atoms. The van der Waals surface area contributed by atoms with E-state index in [2.05, 4.69) is 0 Å². The molecule has 1 aliphatic rings. The van der Waals surface area contributed by atoms with E-state index in [4.69, 9.17) is 0 Å². The van der Waals surface area contributed by atoms with Crippen LogP contribution < -0.4 is 0 Å². The molecular weight excluding hydrogens is 349 g/mol. The molecule has 0 heterocycles. The van der Waals surface area contributed by atoms with Gasteiger partial charge in [0, 0.05) is 33.5 Å². The minimum absolute atomic E-state index is 0. The SMILES string of the molecule is O=C1C=CC(=O)c2ccccc21.[Au]. The van der Waals surface area contributed by atoms with Crippen LogP contribution in [0.3, 0.4) is 0 Å². The number of carbonyl (C=O) groups excluding carboxylic acids is 2. The first-order valence-corrected chi connectivity index (χ1v) is 3.65. The number of carbonyl (C=O) groups is 2. The van der Waals surface area contributed by atoms with Crippen LogP contribution in [0.4, 0.5) is 0 Å². The molecule has 0 aliphatic heterocycles. The minimum atomic E-state index is -0.0924. The van der Waals surface area contributed by atoms with E-state index >= 15 is 0 Å². The number of allylic oxidation sites excluding steroid dienone is 2. The summed E-state index contributed by atoms with van der Waals surface area (Å²) in [5, 5.41) is 0. The van der Waals surface area contributed by atoms with E-state index in [1.807, 2.05) is 0 Å². The van der Waals surface area contributed by atoms with Crippen LogP contribution in [0.2, 0.25) is 0 Å². The Kier molecular flexibility index (Phi) is 2.98. The number of fused-ring (bicyclic) bond motifs is 1. The van der Waals surface area contributed by atoms with Crippen molar-refractivity contribution in [2.75, 3.05) is 0 Å². The van der Waals surface area contributed by atoms with Gasteiger partial charge < -0.3 is 0 Å². The molecule has 0 spiro atoms. The number of rotatable bonds is 0. The third kappa shape index (κ3) is 1.70. The van der Waals surface area contributed by atoms with Crippen LogP contribution >= 0.6 is 0 Å². The molecule has 0 fully saturated rings. The molecule has 1 aromatic rings. The van der Waals surface area contributed by atoms with Gasteiger partial charge in [0.15, 0.2) is 11.6 Å². The molecule has 0 saturated carbocycles. The van der Waals surface area contributed by atoms with Crippen molar-refractivity contribution in [3.05, 3.63) is 47.5 Å². The van der Waals surface area contributed by atoms with E-state index < -0.39 is 0 Å². The third-order valence-electron chi connectivity index (χ3n) is 1.84. The van der Waals surface area contributed by atoms with E-state index in [0.29, 0.717) is 11.1 Å². The maximum absolute atomic E-state index is 11.2. The normalized spacial score (nSPS) is 13.5. The number of hydrogen-bond donors (Lipinski definition) is 0. The second-order valence-corrected chi connectivity index (χ2v) is 2.61. The molecule has 0 bridgehead atoms. The van der Waals surface area contributed by atoms with Crippen LogP contribution in [-0.4, -0.2) is 11.6 Å². The van der Waals surface area contributed by atoms with Crippen LogP contribution in [0, 0.1) is 0 Å². The first-order valence-electron chi connectivity index (χ1n) is 3.65. The molecule has 0 unspecified atom stereocenters. The molecule has 1 aromatic carbocycles. The summed E-state index contributed by atoms with van der Waals surface area (Å²) in [7, 11) is 0.